The number of fused-ring (bicyclic) bond motifs is 2. The second-order valence-electron chi connectivity index (χ2n) is 6.43. The molecule has 2 rings (SSSR count). The van der Waals surface area contributed by atoms with Gasteiger partial charge in [-0.25, -0.2) is 0 Å². The van der Waals surface area contributed by atoms with E-state index in [-0.39, 0.29) is 22.5 Å². The molecule has 0 saturated heterocycles. The standard InChI is InChI=1S/C15H22O3/c1-5-9(13(17)18)8-10-11-6-7-15(4,12(10)16)14(11,2)3/h8-9,11H,5-7H2,1-4H3,(H,17,18)/p-1/b10-8+/t9-,11+,15-/m0/s1. The van der Waals surface area contributed by atoms with Gasteiger partial charge in [0, 0.05) is 17.3 Å². The highest BCUT2D eigenvalue weighted by atomic mass is 16.4. The third kappa shape index (κ3) is 1.49. The molecule has 0 unspecified atom stereocenters. The molecular formula is C15H21O3-. The Morgan fingerprint density at radius 1 is 1.50 bits per heavy atom. The molecule has 2 saturated carbocycles. The van der Waals surface area contributed by atoms with E-state index in [9.17, 15) is 14.7 Å². The Bertz CT molecular complexity index is 433. The summed E-state index contributed by atoms with van der Waals surface area (Å²) in [6, 6.07) is 0. The molecule has 0 aromatic heterocycles. The highest BCUT2D eigenvalue weighted by Gasteiger charge is 2.63. The molecule has 0 radical (unpaired) electrons. The summed E-state index contributed by atoms with van der Waals surface area (Å²) in [5.74, 6) is -1.35. The van der Waals surface area contributed by atoms with Gasteiger partial charge in [-0.3, -0.25) is 4.79 Å². The van der Waals surface area contributed by atoms with Crippen molar-refractivity contribution in [2.24, 2.45) is 22.7 Å². The van der Waals surface area contributed by atoms with Crippen molar-refractivity contribution in [1.82, 2.24) is 0 Å². The van der Waals surface area contributed by atoms with Crippen molar-refractivity contribution in [3.63, 3.8) is 0 Å². The molecule has 3 atom stereocenters. The first kappa shape index (κ1) is 13.3. The maximum atomic E-state index is 12.5. The van der Waals surface area contributed by atoms with Crippen molar-refractivity contribution in [1.29, 1.82) is 0 Å². The van der Waals surface area contributed by atoms with Crippen LogP contribution < -0.4 is 5.11 Å². The SMILES string of the molecule is CC[C@@H](/C=C1/C(=O)[C@]2(C)CC[C@H]1C2(C)C)C(=O)[O-]. The van der Waals surface area contributed by atoms with Crippen LogP contribution in [-0.2, 0) is 9.59 Å². The van der Waals surface area contributed by atoms with Gasteiger partial charge in [0.25, 0.3) is 0 Å². The third-order valence-corrected chi connectivity index (χ3v) is 5.49. The topological polar surface area (TPSA) is 57.2 Å². The van der Waals surface area contributed by atoms with Crippen LogP contribution in [0.4, 0.5) is 0 Å². The van der Waals surface area contributed by atoms with Gasteiger partial charge in [-0.05, 0) is 36.2 Å². The lowest BCUT2D eigenvalue weighted by atomic mass is 9.70. The average molecular weight is 249 g/mol. The number of carbonyl (C=O) groups excluding carboxylic acids is 2. The van der Waals surface area contributed by atoms with Crippen LogP contribution in [0.2, 0.25) is 0 Å². The monoisotopic (exact) mass is 249 g/mol. The summed E-state index contributed by atoms with van der Waals surface area (Å²) in [7, 11) is 0. The lowest BCUT2D eigenvalue weighted by Gasteiger charge is -2.31. The quantitative estimate of drug-likeness (QED) is 0.715. The number of rotatable bonds is 3. The summed E-state index contributed by atoms with van der Waals surface area (Å²) in [6.45, 7) is 8.09. The molecule has 0 aromatic carbocycles. The van der Waals surface area contributed by atoms with Gasteiger partial charge in [-0.15, -0.1) is 0 Å². The summed E-state index contributed by atoms with van der Waals surface area (Å²) in [5, 5.41) is 11.0. The molecule has 0 spiro atoms. The van der Waals surface area contributed by atoms with Crippen LogP contribution in [-0.4, -0.2) is 11.8 Å². The Morgan fingerprint density at radius 2 is 2.11 bits per heavy atom. The summed E-state index contributed by atoms with van der Waals surface area (Å²) in [5.41, 5.74) is 0.373. The van der Waals surface area contributed by atoms with E-state index < -0.39 is 11.9 Å². The van der Waals surface area contributed by atoms with E-state index in [0.717, 1.165) is 18.4 Å². The van der Waals surface area contributed by atoms with Gasteiger partial charge in [0.1, 0.15) is 0 Å². The van der Waals surface area contributed by atoms with Gasteiger partial charge in [0.15, 0.2) is 5.78 Å². The molecule has 0 amide bonds. The van der Waals surface area contributed by atoms with E-state index in [4.69, 9.17) is 0 Å². The molecule has 3 heteroatoms. The smallest absolute Gasteiger partial charge is 0.165 e. The normalized spacial score (nSPS) is 37.2. The molecule has 3 nitrogen and oxygen atoms in total. The van der Waals surface area contributed by atoms with Crippen molar-refractivity contribution in [3.05, 3.63) is 11.6 Å². The van der Waals surface area contributed by atoms with Gasteiger partial charge >= 0.3 is 0 Å². The Balaban J connectivity index is 2.41. The Morgan fingerprint density at radius 3 is 2.50 bits per heavy atom. The van der Waals surface area contributed by atoms with E-state index in [2.05, 4.69) is 13.8 Å². The highest BCUT2D eigenvalue weighted by molar-refractivity contribution is 6.05. The third-order valence-electron chi connectivity index (χ3n) is 5.49. The molecular weight excluding hydrogens is 228 g/mol. The minimum atomic E-state index is -1.08. The van der Waals surface area contributed by atoms with Crippen LogP contribution in [0.5, 0.6) is 0 Å². The zero-order valence-electron chi connectivity index (χ0n) is 11.6. The first-order valence-corrected chi connectivity index (χ1v) is 6.73. The molecule has 2 bridgehead atoms. The van der Waals surface area contributed by atoms with Crippen molar-refractivity contribution in [2.45, 2.75) is 47.0 Å². The van der Waals surface area contributed by atoms with Gasteiger partial charge in [0.2, 0.25) is 0 Å². The maximum absolute atomic E-state index is 12.5. The van der Waals surface area contributed by atoms with Gasteiger partial charge < -0.3 is 9.90 Å². The van der Waals surface area contributed by atoms with E-state index >= 15 is 0 Å². The molecule has 2 aliphatic rings. The van der Waals surface area contributed by atoms with Gasteiger partial charge in [-0.1, -0.05) is 33.8 Å². The number of aliphatic carboxylic acids is 1. The fourth-order valence-corrected chi connectivity index (χ4v) is 3.69. The second kappa shape index (κ2) is 3.94. The Hall–Kier alpha value is -1.12. The molecule has 0 heterocycles. The Kier molecular flexibility index (Phi) is 2.91. The van der Waals surface area contributed by atoms with Crippen molar-refractivity contribution >= 4 is 11.8 Å². The minimum absolute atomic E-state index is 0.0554. The van der Waals surface area contributed by atoms with Crippen molar-refractivity contribution < 1.29 is 14.7 Å². The van der Waals surface area contributed by atoms with Crippen LogP contribution >= 0.6 is 0 Å². The van der Waals surface area contributed by atoms with Crippen LogP contribution in [0.1, 0.15) is 47.0 Å². The van der Waals surface area contributed by atoms with E-state index in [1.54, 1.807) is 6.08 Å². The number of ketones is 1. The number of hydrogen-bond acceptors (Lipinski definition) is 3. The minimum Gasteiger partial charge on any atom is -0.550 e. The maximum Gasteiger partial charge on any atom is 0.165 e. The van der Waals surface area contributed by atoms with E-state index in [1.807, 2.05) is 13.8 Å². The summed E-state index contributed by atoms with van der Waals surface area (Å²) in [4.78, 5) is 23.5. The lowest BCUT2D eigenvalue weighted by molar-refractivity contribution is -0.309. The lowest BCUT2D eigenvalue weighted by Crippen LogP contribution is -2.33. The predicted molar refractivity (Wildman–Crippen MR) is 66.5 cm³/mol. The molecule has 0 aromatic rings. The largest absolute Gasteiger partial charge is 0.550 e. The van der Waals surface area contributed by atoms with E-state index in [0.29, 0.717) is 6.42 Å². The second-order valence-corrected chi connectivity index (χ2v) is 6.43. The molecule has 2 aliphatic carbocycles. The predicted octanol–water partition coefficient (Wildman–Crippen LogP) is 1.71. The number of hydrogen-bond donors (Lipinski definition) is 0. The van der Waals surface area contributed by atoms with Crippen LogP contribution in [0.25, 0.3) is 0 Å². The fourth-order valence-electron chi connectivity index (χ4n) is 3.69. The number of allylic oxidation sites excluding steroid dienone is 1. The zero-order chi connectivity index (χ0) is 13.7. The number of carbonyl (C=O) groups is 2. The first-order chi connectivity index (χ1) is 8.25. The Labute approximate surface area is 108 Å². The summed E-state index contributed by atoms with van der Waals surface area (Å²) >= 11 is 0. The number of Topliss-reactive ketones (excluding diaryl/α,β-unsaturated/α-hetero) is 1. The van der Waals surface area contributed by atoms with E-state index in [1.165, 1.54) is 0 Å². The van der Waals surface area contributed by atoms with Crippen LogP contribution in [0, 0.1) is 22.7 Å². The van der Waals surface area contributed by atoms with Crippen molar-refractivity contribution in [3.8, 4) is 0 Å². The number of carboxylic acids is 1. The molecule has 0 N–H and O–H groups in total. The number of carboxylic acid groups (broad SMARTS) is 1. The molecule has 2 fully saturated rings. The van der Waals surface area contributed by atoms with Crippen molar-refractivity contribution in [2.75, 3.05) is 0 Å². The summed E-state index contributed by atoms with van der Waals surface area (Å²) in [6.07, 6.45) is 4.05. The average Bonchev–Trinajstić information content (AvgIpc) is 2.59. The van der Waals surface area contributed by atoms with Crippen LogP contribution in [0.3, 0.4) is 0 Å². The first-order valence-electron chi connectivity index (χ1n) is 6.73. The summed E-state index contributed by atoms with van der Waals surface area (Å²) < 4.78 is 0. The van der Waals surface area contributed by atoms with Crippen LogP contribution in [0.15, 0.2) is 11.6 Å². The highest BCUT2D eigenvalue weighted by Crippen LogP contribution is 2.65. The molecule has 18 heavy (non-hydrogen) atoms. The molecule has 100 valence electrons. The van der Waals surface area contributed by atoms with Gasteiger partial charge in [-0.2, -0.15) is 0 Å². The fraction of sp³-hybridized carbons (Fsp3) is 0.733. The molecule has 0 aliphatic heterocycles. The zero-order valence-corrected chi connectivity index (χ0v) is 11.6. The van der Waals surface area contributed by atoms with Gasteiger partial charge in [0.05, 0.1) is 0 Å².